The number of rotatable bonds is 4. The maximum absolute atomic E-state index is 6.04. The SMILES string of the molecule is C#CCC(NCC)c1ncc(Cl)cc1Cl. The molecule has 15 heavy (non-hydrogen) atoms. The molecule has 0 aliphatic rings. The molecule has 0 fully saturated rings. The number of aromatic nitrogens is 1. The second kappa shape index (κ2) is 5.97. The molecule has 1 N–H and O–H groups in total. The Morgan fingerprint density at radius 2 is 2.33 bits per heavy atom. The molecule has 0 amide bonds. The molecule has 80 valence electrons. The highest BCUT2D eigenvalue weighted by Gasteiger charge is 2.14. The summed E-state index contributed by atoms with van der Waals surface area (Å²) < 4.78 is 0. The lowest BCUT2D eigenvalue weighted by Crippen LogP contribution is -2.21. The maximum Gasteiger partial charge on any atom is 0.0769 e. The molecule has 0 saturated carbocycles. The Morgan fingerprint density at radius 1 is 1.60 bits per heavy atom. The largest absolute Gasteiger partial charge is 0.308 e. The highest BCUT2D eigenvalue weighted by Crippen LogP contribution is 2.25. The van der Waals surface area contributed by atoms with Gasteiger partial charge in [-0.2, -0.15) is 0 Å². The van der Waals surface area contributed by atoms with E-state index in [1.54, 1.807) is 12.3 Å². The summed E-state index contributed by atoms with van der Waals surface area (Å²) in [5.74, 6) is 2.60. The summed E-state index contributed by atoms with van der Waals surface area (Å²) in [6.07, 6.45) is 7.42. The summed E-state index contributed by atoms with van der Waals surface area (Å²) in [5, 5.41) is 4.30. The Balaban J connectivity index is 2.95. The number of nitrogens with one attached hydrogen (secondary N) is 1. The van der Waals surface area contributed by atoms with Gasteiger partial charge >= 0.3 is 0 Å². The van der Waals surface area contributed by atoms with Crippen LogP contribution in [0.2, 0.25) is 10.0 Å². The Kier molecular flexibility index (Phi) is 4.90. The van der Waals surface area contributed by atoms with Gasteiger partial charge in [-0.25, -0.2) is 0 Å². The fraction of sp³-hybridized carbons (Fsp3) is 0.364. The van der Waals surface area contributed by atoms with E-state index in [-0.39, 0.29) is 6.04 Å². The minimum Gasteiger partial charge on any atom is -0.308 e. The van der Waals surface area contributed by atoms with E-state index in [2.05, 4.69) is 16.2 Å². The maximum atomic E-state index is 6.04. The first-order chi connectivity index (χ1) is 7.19. The molecule has 1 aromatic heterocycles. The third-order valence-corrected chi connectivity index (χ3v) is 2.45. The molecule has 4 heteroatoms. The van der Waals surface area contributed by atoms with Crippen LogP contribution in [0.4, 0.5) is 0 Å². The zero-order valence-electron chi connectivity index (χ0n) is 8.43. The van der Waals surface area contributed by atoms with Crippen molar-refractivity contribution in [3.05, 3.63) is 28.0 Å². The van der Waals surface area contributed by atoms with Crippen LogP contribution in [0.15, 0.2) is 12.3 Å². The summed E-state index contributed by atoms with van der Waals surface area (Å²) in [6.45, 7) is 2.82. The number of hydrogen-bond donors (Lipinski definition) is 1. The van der Waals surface area contributed by atoms with Gasteiger partial charge in [-0.15, -0.1) is 12.3 Å². The van der Waals surface area contributed by atoms with Crippen molar-refractivity contribution in [2.45, 2.75) is 19.4 Å². The van der Waals surface area contributed by atoms with Gasteiger partial charge < -0.3 is 5.32 Å². The van der Waals surface area contributed by atoms with E-state index in [0.717, 1.165) is 12.2 Å². The first-order valence-corrected chi connectivity index (χ1v) is 5.42. The lowest BCUT2D eigenvalue weighted by atomic mass is 10.1. The van der Waals surface area contributed by atoms with Crippen LogP contribution in [-0.2, 0) is 0 Å². The van der Waals surface area contributed by atoms with Crippen LogP contribution in [0, 0.1) is 12.3 Å². The van der Waals surface area contributed by atoms with Gasteiger partial charge in [0.15, 0.2) is 0 Å². The first-order valence-electron chi connectivity index (χ1n) is 4.66. The highest BCUT2D eigenvalue weighted by atomic mass is 35.5. The summed E-state index contributed by atoms with van der Waals surface area (Å²) in [5.41, 5.74) is 0.751. The van der Waals surface area contributed by atoms with Gasteiger partial charge in [-0.3, -0.25) is 4.98 Å². The normalized spacial score (nSPS) is 12.1. The van der Waals surface area contributed by atoms with Crippen molar-refractivity contribution in [2.75, 3.05) is 6.54 Å². The van der Waals surface area contributed by atoms with Gasteiger partial charge in [-0.05, 0) is 12.6 Å². The van der Waals surface area contributed by atoms with E-state index in [9.17, 15) is 0 Å². The average molecular weight is 243 g/mol. The van der Waals surface area contributed by atoms with Crippen LogP contribution in [0.1, 0.15) is 25.1 Å². The molecular formula is C11H12Cl2N2. The van der Waals surface area contributed by atoms with Crippen LogP contribution in [0.5, 0.6) is 0 Å². The predicted octanol–water partition coefficient (Wildman–Crippen LogP) is 3.06. The third kappa shape index (κ3) is 3.39. The van der Waals surface area contributed by atoms with Crippen molar-refractivity contribution in [3.63, 3.8) is 0 Å². The minimum absolute atomic E-state index is 0.00948. The Bertz CT molecular complexity index is 371. The van der Waals surface area contributed by atoms with Gasteiger partial charge in [0.2, 0.25) is 0 Å². The van der Waals surface area contributed by atoms with Crippen molar-refractivity contribution in [1.29, 1.82) is 0 Å². The molecule has 1 unspecified atom stereocenters. The second-order valence-electron chi connectivity index (χ2n) is 3.04. The van der Waals surface area contributed by atoms with Crippen molar-refractivity contribution >= 4 is 23.2 Å². The fourth-order valence-corrected chi connectivity index (χ4v) is 1.82. The van der Waals surface area contributed by atoms with Gasteiger partial charge in [0.05, 0.1) is 21.8 Å². The number of hydrogen-bond acceptors (Lipinski definition) is 2. The van der Waals surface area contributed by atoms with E-state index >= 15 is 0 Å². The molecular weight excluding hydrogens is 231 g/mol. The van der Waals surface area contributed by atoms with E-state index in [1.165, 1.54) is 0 Å². The molecule has 0 spiro atoms. The topological polar surface area (TPSA) is 24.9 Å². The van der Waals surface area contributed by atoms with Crippen LogP contribution < -0.4 is 5.32 Å². The summed E-state index contributed by atoms with van der Waals surface area (Å²) in [7, 11) is 0. The van der Waals surface area contributed by atoms with Crippen LogP contribution in [0.25, 0.3) is 0 Å². The average Bonchev–Trinajstić information content (AvgIpc) is 2.17. The monoisotopic (exact) mass is 242 g/mol. The quantitative estimate of drug-likeness (QED) is 0.822. The molecule has 1 atom stereocenters. The molecule has 0 aliphatic carbocycles. The fourth-order valence-electron chi connectivity index (χ4n) is 1.31. The number of terminal acetylenes is 1. The van der Waals surface area contributed by atoms with Gasteiger partial charge in [-0.1, -0.05) is 30.1 Å². The smallest absolute Gasteiger partial charge is 0.0769 e. The molecule has 1 heterocycles. The molecule has 0 radical (unpaired) electrons. The summed E-state index contributed by atoms with van der Waals surface area (Å²) >= 11 is 11.8. The molecule has 0 bridgehead atoms. The summed E-state index contributed by atoms with van der Waals surface area (Å²) in [4.78, 5) is 4.19. The molecule has 0 aromatic carbocycles. The van der Waals surface area contributed by atoms with Gasteiger partial charge in [0.25, 0.3) is 0 Å². The van der Waals surface area contributed by atoms with Crippen LogP contribution in [-0.4, -0.2) is 11.5 Å². The van der Waals surface area contributed by atoms with Crippen molar-refractivity contribution < 1.29 is 0 Å². The minimum atomic E-state index is -0.00948. The standard InChI is InChI=1S/C11H12Cl2N2/c1-3-5-10(14-4-2)11-9(13)6-8(12)7-15-11/h1,6-7,10,14H,4-5H2,2H3. The number of halogens is 2. The summed E-state index contributed by atoms with van der Waals surface area (Å²) in [6, 6.07) is 1.66. The molecule has 1 aromatic rings. The Labute approximate surface area is 100.0 Å². The second-order valence-corrected chi connectivity index (χ2v) is 3.88. The number of pyridine rings is 1. The lowest BCUT2D eigenvalue weighted by molar-refractivity contribution is 0.552. The van der Waals surface area contributed by atoms with E-state index in [1.807, 2.05) is 6.92 Å². The molecule has 2 nitrogen and oxygen atoms in total. The Hall–Kier alpha value is -0.750. The highest BCUT2D eigenvalue weighted by molar-refractivity contribution is 6.34. The first kappa shape index (κ1) is 12.3. The number of nitrogens with zero attached hydrogens (tertiary/aromatic N) is 1. The van der Waals surface area contributed by atoms with Gasteiger partial charge in [0, 0.05) is 12.6 Å². The van der Waals surface area contributed by atoms with Crippen LogP contribution in [0.3, 0.4) is 0 Å². The zero-order chi connectivity index (χ0) is 11.3. The molecule has 0 saturated heterocycles. The van der Waals surface area contributed by atoms with E-state index < -0.39 is 0 Å². The Morgan fingerprint density at radius 3 is 2.87 bits per heavy atom. The predicted molar refractivity (Wildman–Crippen MR) is 64.1 cm³/mol. The van der Waals surface area contributed by atoms with E-state index in [4.69, 9.17) is 29.6 Å². The van der Waals surface area contributed by atoms with Gasteiger partial charge in [0.1, 0.15) is 0 Å². The third-order valence-electron chi connectivity index (χ3n) is 1.94. The van der Waals surface area contributed by atoms with Crippen molar-refractivity contribution in [3.8, 4) is 12.3 Å². The van der Waals surface area contributed by atoms with Crippen molar-refractivity contribution in [1.82, 2.24) is 10.3 Å². The molecule has 1 rings (SSSR count). The zero-order valence-corrected chi connectivity index (χ0v) is 9.94. The van der Waals surface area contributed by atoms with Crippen LogP contribution >= 0.6 is 23.2 Å². The van der Waals surface area contributed by atoms with Crippen molar-refractivity contribution in [2.24, 2.45) is 0 Å². The lowest BCUT2D eigenvalue weighted by Gasteiger charge is -2.15. The molecule has 0 aliphatic heterocycles. The van der Waals surface area contributed by atoms with E-state index in [0.29, 0.717) is 16.5 Å².